The van der Waals surface area contributed by atoms with Gasteiger partial charge in [0.2, 0.25) is 5.91 Å². The van der Waals surface area contributed by atoms with E-state index in [-0.39, 0.29) is 24.2 Å². The van der Waals surface area contributed by atoms with Gasteiger partial charge in [0.1, 0.15) is 5.82 Å². The summed E-state index contributed by atoms with van der Waals surface area (Å²) in [5.74, 6) is -0.588. The van der Waals surface area contributed by atoms with Crippen molar-refractivity contribution in [3.8, 4) is 0 Å². The number of halogens is 1. The Kier molecular flexibility index (Phi) is 3.74. The van der Waals surface area contributed by atoms with Gasteiger partial charge in [0.15, 0.2) is 0 Å². The Labute approximate surface area is 99.7 Å². The normalized spacial score (nSPS) is 18.0. The van der Waals surface area contributed by atoms with Gasteiger partial charge in [-0.1, -0.05) is 12.8 Å². The van der Waals surface area contributed by atoms with Gasteiger partial charge >= 0.3 is 0 Å². The molecule has 1 aliphatic heterocycles. The Morgan fingerprint density at radius 3 is 2.88 bits per heavy atom. The van der Waals surface area contributed by atoms with Gasteiger partial charge in [0.25, 0.3) is 0 Å². The number of carbonyl (C=O) groups is 1. The number of anilines is 1. The summed E-state index contributed by atoms with van der Waals surface area (Å²) in [6.07, 6.45) is 3.23. The second kappa shape index (κ2) is 5.27. The quantitative estimate of drug-likeness (QED) is 0.773. The first-order valence-electron chi connectivity index (χ1n) is 5.93. The van der Waals surface area contributed by atoms with Crippen molar-refractivity contribution in [2.45, 2.75) is 31.6 Å². The highest BCUT2D eigenvalue weighted by Gasteiger charge is 2.29. The van der Waals surface area contributed by atoms with Crippen LogP contribution < -0.4 is 5.32 Å². The summed E-state index contributed by atoms with van der Waals surface area (Å²) in [6.45, 7) is 0.183. The molecule has 0 bridgehead atoms. The van der Waals surface area contributed by atoms with Gasteiger partial charge in [-0.05, 0) is 36.6 Å². The first-order chi connectivity index (χ1) is 8.22. The lowest BCUT2D eigenvalue weighted by Crippen LogP contribution is -2.11. The number of aliphatic hydroxyl groups is 1. The number of amides is 1. The Morgan fingerprint density at radius 2 is 2.12 bits per heavy atom. The highest BCUT2D eigenvalue weighted by molar-refractivity contribution is 6.02. The maximum Gasteiger partial charge on any atom is 0.232 e. The number of carbonyl (C=O) groups excluding carboxylic acids is 1. The third-order valence-corrected chi connectivity index (χ3v) is 3.11. The number of hydrogen-bond donors (Lipinski definition) is 2. The topological polar surface area (TPSA) is 49.3 Å². The van der Waals surface area contributed by atoms with Crippen LogP contribution in [-0.4, -0.2) is 17.6 Å². The number of hydrogen-bond acceptors (Lipinski definition) is 2. The summed E-state index contributed by atoms with van der Waals surface area (Å²) >= 11 is 0. The van der Waals surface area contributed by atoms with Gasteiger partial charge in [-0.3, -0.25) is 4.79 Å². The Hall–Kier alpha value is -1.42. The van der Waals surface area contributed by atoms with Gasteiger partial charge in [0, 0.05) is 12.3 Å². The van der Waals surface area contributed by atoms with Crippen LogP contribution >= 0.6 is 0 Å². The molecule has 0 fully saturated rings. The average molecular weight is 237 g/mol. The third-order valence-electron chi connectivity index (χ3n) is 3.11. The molecular formula is C13H16FNO2. The van der Waals surface area contributed by atoms with Gasteiger partial charge in [-0.25, -0.2) is 4.39 Å². The summed E-state index contributed by atoms with van der Waals surface area (Å²) in [6, 6.07) is 4.40. The lowest BCUT2D eigenvalue weighted by Gasteiger charge is -2.08. The van der Waals surface area contributed by atoms with E-state index in [9.17, 15) is 9.18 Å². The lowest BCUT2D eigenvalue weighted by molar-refractivity contribution is -0.117. The third kappa shape index (κ3) is 2.64. The lowest BCUT2D eigenvalue weighted by atomic mass is 9.94. The molecule has 1 atom stereocenters. The Bertz CT molecular complexity index is 420. The maximum atomic E-state index is 13.1. The van der Waals surface area contributed by atoms with E-state index in [2.05, 4.69) is 5.32 Å². The molecule has 0 aromatic heterocycles. The zero-order chi connectivity index (χ0) is 12.3. The molecule has 1 unspecified atom stereocenters. The summed E-state index contributed by atoms with van der Waals surface area (Å²) in [5, 5.41) is 11.4. The average Bonchev–Trinajstić information content (AvgIpc) is 2.61. The maximum absolute atomic E-state index is 13.1. The van der Waals surface area contributed by atoms with E-state index in [0.29, 0.717) is 6.42 Å². The molecule has 17 heavy (non-hydrogen) atoms. The number of aliphatic hydroxyl groups excluding tert-OH is 1. The van der Waals surface area contributed by atoms with Crippen LogP contribution in [0.15, 0.2) is 18.2 Å². The van der Waals surface area contributed by atoms with Gasteiger partial charge in [-0.15, -0.1) is 0 Å². The van der Waals surface area contributed by atoms with E-state index in [1.165, 1.54) is 12.1 Å². The minimum atomic E-state index is -0.305. The molecule has 0 spiro atoms. The van der Waals surface area contributed by atoms with Crippen molar-refractivity contribution < 1.29 is 14.3 Å². The molecule has 2 N–H and O–H groups in total. The van der Waals surface area contributed by atoms with Gasteiger partial charge < -0.3 is 10.4 Å². The van der Waals surface area contributed by atoms with Crippen LogP contribution in [0.25, 0.3) is 0 Å². The van der Waals surface area contributed by atoms with Crippen LogP contribution in [0.1, 0.15) is 37.2 Å². The van der Waals surface area contributed by atoms with Gasteiger partial charge in [0.05, 0.1) is 5.92 Å². The van der Waals surface area contributed by atoms with Crippen molar-refractivity contribution in [3.63, 3.8) is 0 Å². The first-order valence-corrected chi connectivity index (χ1v) is 5.93. The van der Waals surface area contributed by atoms with Crippen molar-refractivity contribution >= 4 is 11.6 Å². The number of benzene rings is 1. The summed E-state index contributed by atoms with van der Waals surface area (Å²) in [4.78, 5) is 11.7. The van der Waals surface area contributed by atoms with Crippen molar-refractivity contribution in [3.05, 3.63) is 29.6 Å². The highest BCUT2D eigenvalue weighted by Crippen LogP contribution is 2.36. The molecular weight excluding hydrogens is 221 g/mol. The Morgan fingerprint density at radius 1 is 1.29 bits per heavy atom. The van der Waals surface area contributed by atoms with Gasteiger partial charge in [-0.2, -0.15) is 0 Å². The minimum absolute atomic E-state index is 0.0467. The van der Waals surface area contributed by atoms with E-state index >= 15 is 0 Å². The molecule has 0 saturated carbocycles. The fourth-order valence-electron chi connectivity index (χ4n) is 2.22. The molecule has 92 valence electrons. The molecule has 3 nitrogen and oxygen atoms in total. The predicted octanol–water partition coefficient (Wildman–Crippen LogP) is 2.41. The van der Waals surface area contributed by atoms with Crippen LogP contribution in [0.4, 0.5) is 10.1 Å². The van der Waals surface area contributed by atoms with E-state index < -0.39 is 0 Å². The molecule has 0 saturated heterocycles. The monoisotopic (exact) mass is 237 g/mol. The summed E-state index contributed by atoms with van der Waals surface area (Å²) in [7, 11) is 0. The number of fused-ring (bicyclic) bond motifs is 1. The molecule has 4 heteroatoms. The van der Waals surface area contributed by atoms with E-state index in [0.717, 1.165) is 30.5 Å². The standard InChI is InChI=1S/C13H16FNO2/c14-9-5-6-12-11(8-9)10(13(17)15-12)4-2-1-3-7-16/h5-6,8,10,16H,1-4,7H2,(H,15,17). The van der Waals surface area contributed by atoms with Crippen molar-refractivity contribution in [1.29, 1.82) is 0 Å². The van der Waals surface area contributed by atoms with Crippen LogP contribution in [-0.2, 0) is 4.79 Å². The molecule has 0 radical (unpaired) electrons. The zero-order valence-electron chi connectivity index (χ0n) is 9.58. The molecule has 1 aromatic rings. The van der Waals surface area contributed by atoms with E-state index in [1.54, 1.807) is 6.07 Å². The number of unbranched alkanes of at least 4 members (excludes halogenated alkanes) is 2. The first kappa shape index (κ1) is 12.0. The number of nitrogens with one attached hydrogen (secondary N) is 1. The van der Waals surface area contributed by atoms with E-state index in [4.69, 9.17) is 5.11 Å². The summed E-state index contributed by atoms with van der Waals surface area (Å²) in [5.41, 5.74) is 1.49. The van der Waals surface area contributed by atoms with Crippen molar-refractivity contribution in [2.75, 3.05) is 11.9 Å². The van der Waals surface area contributed by atoms with Crippen LogP contribution in [0.5, 0.6) is 0 Å². The van der Waals surface area contributed by atoms with Crippen molar-refractivity contribution in [1.82, 2.24) is 0 Å². The minimum Gasteiger partial charge on any atom is -0.396 e. The fourth-order valence-corrected chi connectivity index (χ4v) is 2.22. The fraction of sp³-hybridized carbons (Fsp3) is 0.462. The smallest absolute Gasteiger partial charge is 0.232 e. The van der Waals surface area contributed by atoms with Crippen molar-refractivity contribution in [2.24, 2.45) is 0 Å². The van der Waals surface area contributed by atoms with Crippen LogP contribution in [0.2, 0.25) is 0 Å². The molecule has 1 aliphatic rings. The summed E-state index contributed by atoms with van der Waals surface area (Å²) < 4.78 is 13.1. The molecule has 1 heterocycles. The molecule has 2 rings (SSSR count). The zero-order valence-corrected chi connectivity index (χ0v) is 9.58. The molecule has 1 aromatic carbocycles. The largest absolute Gasteiger partial charge is 0.396 e. The number of rotatable bonds is 5. The highest BCUT2D eigenvalue weighted by atomic mass is 19.1. The SMILES string of the molecule is O=C1Nc2ccc(F)cc2C1CCCCCO. The van der Waals surface area contributed by atoms with Crippen LogP contribution in [0.3, 0.4) is 0 Å². The second-order valence-corrected chi connectivity index (χ2v) is 4.35. The molecule has 0 aliphatic carbocycles. The van der Waals surface area contributed by atoms with Crippen LogP contribution in [0, 0.1) is 5.82 Å². The van der Waals surface area contributed by atoms with E-state index in [1.807, 2.05) is 0 Å². The molecule has 1 amide bonds. The second-order valence-electron chi connectivity index (χ2n) is 4.35. The Balaban J connectivity index is 2.03. The predicted molar refractivity (Wildman–Crippen MR) is 63.3 cm³/mol.